The summed E-state index contributed by atoms with van der Waals surface area (Å²) in [5, 5.41) is 2.65. The molecule has 0 saturated heterocycles. The standard InChI is InChI=1S/C20H27N3O4S/c1-5-23(6-2)17-10-11-18(15(3)13-17)22-20(24)27-16(4)14-28(25,26)19-9-7-8-12-21-19/h7-13,16H,5-6,14H2,1-4H3,(H,22,24). The Morgan fingerprint density at radius 1 is 1.21 bits per heavy atom. The van der Waals surface area contributed by atoms with Crippen LogP contribution in [-0.2, 0) is 14.6 Å². The van der Waals surface area contributed by atoms with Gasteiger partial charge >= 0.3 is 6.09 Å². The summed E-state index contributed by atoms with van der Waals surface area (Å²) in [5.74, 6) is -0.336. The molecule has 0 bridgehead atoms. The highest BCUT2D eigenvalue weighted by Crippen LogP contribution is 2.23. The third-order valence-corrected chi connectivity index (χ3v) is 6.08. The van der Waals surface area contributed by atoms with Crippen molar-refractivity contribution >= 4 is 27.3 Å². The topological polar surface area (TPSA) is 88.6 Å². The van der Waals surface area contributed by atoms with Gasteiger partial charge in [0, 0.05) is 30.7 Å². The Balaban J connectivity index is 1.98. The summed E-state index contributed by atoms with van der Waals surface area (Å²) in [6.45, 7) is 9.40. The highest BCUT2D eigenvalue weighted by Gasteiger charge is 2.22. The molecule has 1 unspecified atom stereocenters. The second-order valence-corrected chi connectivity index (χ2v) is 8.44. The van der Waals surface area contributed by atoms with Gasteiger partial charge in [0.2, 0.25) is 0 Å². The van der Waals surface area contributed by atoms with Crippen molar-refractivity contribution < 1.29 is 17.9 Å². The monoisotopic (exact) mass is 405 g/mol. The quantitative estimate of drug-likeness (QED) is 0.721. The van der Waals surface area contributed by atoms with Crippen LogP contribution in [0.25, 0.3) is 0 Å². The fourth-order valence-corrected chi connectivity index (χ4v) is 4.22. The largest absolute Gasteiger partial charge is 0.445 e. The summed E-state index contributed by atoms with van der Waals surface area (Å²) in [6.07, 6.45) is -0.0971. The molecular formula is C20H27N3O4S. The first-order valence-electron chi connectivity index (χ1n) is 9.23. The average molecular weight is 406 g/mol. The predicted molar refractivity (Wildman–Crippen MR) is 111 cm³/mol. The zero-order valence-corrected chi connectivity index (χ0v) is 17.5. The third kappa shape index (κ3) is 5.69. The predicted octanol–water partition coefficient (Wildman–Crippen LogP) is 3.65. The van der Waals surface area contributed by atoms with Gasteiger partial charge in [-0.3, -0.25) is 5.32 Å². The summed E-state index contributed by atoms with van der Waals surface area (Å²) in [4.78, 5) is 18.2. The Labute approximate surface area is 166 Å². The molecule has 0 fully saturated rings. The molecule has 0 spiro atoms. The van der Waals surface area contributed by atoms with E-state index in [4.69, 9.17) is 4.74 Å². The van der Waals surface area contributed by atoms with Crippen molar-refractivity contribution in [1.29, 1.82) is 0 Å². The lowest BCUT2D eigenvalue weighted by atomic mass is 10.1. The molecule has 1 atom stereocenters. The Kier molecular flexibility index (Phi) is 7.39. The maximum atomic E-state index is 12.3. The number of sulfone groups is 1. The van der Waals surface area contributed by atoms with Gasteiger partial charge in [0.25, 0.3) is 0 Å². The lowest BCUT2D eigenvalue weighted by Gasteiger charge is -2.22. The zero-order valence-electron chi connectivity index (χ0n) is 16.7. The van der Waals surface area contributed by atoms with Crippen LogP contribution < -0.4 is 10.2 Å². The molecule has 7 nitrogen and oxygen atoms in total. The number of aryl methyl sites for hydroxylation is 1. The number of aromatic nitrogens is 1. The van der Waals surface area contributed by atoms with E-state index in [-0.39, 0.29) is 10.8 Å². The molecular weight excluding hydrogens is 378 g/mol. The summed E-state index contributed by atoms with van der Waals surface area (Å²) >= 11 is 0. The fourth-order valence-electron chi connectivity index (χ4n) is 2.86. The molecule has 28 heavy (non-hydrogen) atoms. The van der Waals surface area contributed by atoms with Crippen LogP contribution in [0.1, 0.15) is 26.3 Å². The van der Waals surface area contributed by atoms with Crippen molar-refractivity contribution in [2.45, 2.75) is 38.8 Å². The minimum atomic E-state index is -3.63. The van der Waals surface area contributed by atoms with Crippen LogP contribution in [0.2, 0.25) is 0 Å². The molecule has 2 rings (SSSR count). The molecule has 1 N–H and O–H groups in total. The van der Waals surface area contributed by atoms with Gasteiger partial charge in [-0.25, -0.2) is 18.2 Å². The lowest BCUT2D eigenvalue weighted by Crippen LogP contribution is -2.27. The number of carbonyl (C=O) groups is 1. The van der Waals surface area contributed by atoms with Crippen molar-refractivity contribution in [3.8, 4) is 0 Å². The number of ether oxygens (including phenoxy) is 1. The number of pyridine rings is 1. The van der Waals surface area contributed by atoms with Crippen LogP contribution >= 0.6 is 0 Å². The number of rotatable bonds is 8. The molecule has 8 heteroatoms. The molecule has 1 amide bonds. The van der Waals surface area contributed by atoms with Crippen LogP contribution in [0.5, 0.6) is 0 Å². The van der Waals surface area contributed by atoms with Crippen molar-refractivity contribution in [2.75, 3.05) is 29.1 Å². The van der Waals surface area contributed by atoms with Crippen LogP contribution in [0.4, 0.5) is 16.2 Å². The van der Waals surface area contributed by atoms with Gasteiger partial charge in [0.1, 0.15) is 6.10 Å². The minimum Gasteiger partial charge on any atom is -0.445 e. The highest BCUT2D eigenvalue weighted by molar-refractivity contribution is 7.91. The normalized spacial score (nSPS) is 12.3. The van der Waals surface area contributed by atoms with E-state index in [2.05, 4.69) is 29.0 Å². The highest BCUT2D eigenvalue weighted by atomic mass is 32.2. The molecule has 0 aliphatic heterocycles. The van der Waals surface area contributed by atoms with E-state index in [1.165, 1.54) is 19.2 Å². The minimum absolute atomic E-state index is 0.0336. The first kappa shape index (κ1) is 21.7. The van der Waals surface area contributed by atoms with E-state index in [1.807, 2.05) is 25.1 Å². The second-order valence-electron chi connectivity index (χ2n) is 6.46. The van der Waals surface area contributed by atoms with Crippen LogP contribution in [-0.4, -0.2) is 44.4 Å². The molecule has 0 radical (unpaired) electrons. The second kappa shape index (κ2) is 9.54. The van der Waals surface area contributed by atoms with Crippen LogP contribution in [0, 0.1) is 6.92 Å². The van der Waals surface area contributed by atoms with Gasteiger partial charge in [-0.05, 0) is 63.6 Å². The van der Waals surface area contributed by atoms with Gasteiger partial charge < -0.3 is 9.64 Å². The Hall–Kier alpha value is -2.61. The fraction of sp³-hybridized carbons (Fsp3) is 0.400. The molecule has 152 valence electrons. The van der Waals surface area contributed by atoms with Crippen molar-refractivity contribution in [2.24, 2.45) is 0 Å². The van der Waals surface area contributed by atoms with Crippen molar-refractivity contribution in [1.82, 2.24) is 4.98 Å². The number of hydrogen-bond acceptors (Lipinski definition) is 6. The zero-order chi connectivity index (χ0) is 20.7. The molecule has 0 aliphatic carbocycles. The van der Waals surface area contributed by atoms with E-state index in [0.717, 1.165) is 24.3 Å². The number of nitrogens with one attached hydrogen (secondary N) is 1. The maximum Gasteiger partial charge on any atom is 0.411 e. The van der Waals surface area contributed by atoms with E-state index in [1.54, 1.807) is 12.1 Å². The van der Waals surface area contributed by atoms with Crippen LogP contribution in [0.15, 0.2) is 47.6 Å². The first-order valence-corrected chi connectivity index (χ1v) is 10.9. The summed E-state index contributed by atoms with van der Waals surface area (Å²) in [7, 11) is -3.63. The molecule has 1 aromatic heterocycles. The van der Waals surface area contributed by atoms with Gasteiger partial charge in [0.05, 0.1) is 5.75 Å². The Morgan fingerprint density at radius 2 is 1.93 bits per heavy atom. The van der Waals surface area contributed by atoms with E-state index >= 15 is 0 Å². The SMILES string of the molecule is CCN(CC)c1ccc(NC(=O)OC(C)CS(=O)(=O)c2ccccn2)c(C)c1. The van der Waals surface area contributed by atoms with Gasteiger partial charge in [-0.15, -0.1) is 0 Å². The lowest BCUT2D eigenvalue weighted by molar-refractivity contribution is 0.131. The van der Waals surface area contributed by atoms with Gasteiger partial charge in [-0.1, -0.05) is 6.07 Å². The van der Waals surface area contributed by atoms with Gasteiger partial charge in [0.15, 0.2) is 14.9 Å². The number of hydrogen-bond donors (Lipinski definition) is 1. The molecule has 1 aromatic carbocycles. The third-order valence-electron chi connectivity index (χ3n) is 4.29. The van der Waals surface area contributed by atoms with E-state index in [0.29, 0.717) is 5.69 Å². The summed E-state index contributed by atoms with van der Waals surface area (Å²) in [6, 6.07) is 10.4. The van der Waals surface area contributed by atoms with Crippen molar-refractivity contribution in [3.63, 3.8) is 0 Å². The number of anilines is 2. The van der Waals surface area contributed by atoms with Crippen LogP contribution in [0.3, 0.4) is 0 Å². The molecule has 0 aliphatic rings. The first-order chi connectivity index (χ1) is 13.3. The molecule has 2 aromatic rings. The Bertz CT molecular complexity index is 897. The van der Waals surface area contributed by atoms with E-state index in [9.17, 15) is 13.2 Å². The van der Waals surface area contributed by atoms with E-state index < -0.39 is 22.0 Å². The number of nitrogens with zero attached hydrogens (tertiary/aromatic N) is 2. The summed E-state index contributed by atoms with van der Waals surface area (Å²) in [5.41, 5.74) is 2.60. The maximum absolute atomic E-state index is 12.3. The number of benzene rings is 1. The Morgan fingerprint density at radius 3 is 2.50 bits per heavy atom. The van der Waals surface area contributed by atoms with Gasteiger partial charge in [-0.2, -0.15) is 0 Å². The summed E-state index contributed by atoms with van der Waals surface area (Å²) < 4.78 is 29.9. The van der Waals surface area contributed by atoms with Crippen molar-refractivity contribution in [3.05, 3.63) is 48.2 Å². The molecule has 0 saturated carbocycles. The smallest absolute Gasteiger partial charge is 0.411 e. The number of amides is 1. The molecule has 1 heterocycles. The average Bonchev–Trinajstić information content (AvgIpc) is 2.65. The number of carbonyl (C=O) groups excluding carboxylic acids is 1.